The number of methoxy groups -OCH3 is 1. The minimum Gasteiger partial charge on any atom is -0.495 e. The fraction of sp³-hybridized carbons (Fsp3) is 0.538. The third kappa shape index (κ3) is 2.70. The van der Waals surface area contributed by atoms with Crippen molar-refractivity contribution in [1.82, 2.24) is 5.32 Å². The molecule has 0 aromatic heterocycles. The van der Waals surface area contributed by atoms with Crippen molar-refractivity contribution in [3.8, 4) is 5.75 Å². The third-order valence-corrected chi connectivity index (χ3v) is 3.35. The third-order valence-electron chi connectivity index (χ3n) is 3.35. The van der Waals surface area contributed by atoms with Gasteiger partial charge in [-0.2, -0.15) is 0 Å². The Morgan fingerprint density at radius 2 is 2.41 bits per heavy atom. The number of para-hydroxylation sites is 1. The molecule has 1 aromatic rings. The van der Waals surface area contributed by atoms with Gasteiger partial charge in [0.2, 0.25) is 0 Å². The van der Waals surface area contributed by atoms with Crippen LogP contribution in [0.15, 0.2) is 18.2 Å². The summed E-state index contributed by atoms with van der Waals surface area (Å²) in [4.78, 5) is 0. The monoisotopic (exact) mass is 236 g/mol. The number of rotatable bonds is 4. The van der Waals surface area contributed by atoms with Crippen LogP contribution >= 0.6 is 0 Å². The highest BCUT2D eigenvalue weighted by molar-refractivity contribution is 5.59. The van der Waals surface area contributed by atoms with Gasteiger partial charge in [0.15, 0.2) is 0 Å². The number of benzene rings is 1. The molecule has 1 aliphatic rings. The van der Waals surface area contributed by atoms with Crippen molar-refractivity contribution >= 4 is 5.69 Å². The molecule has 2 rings (SSSR count). The van der Waals surface area contributed by atoms with Crippen LogP contribution in [-0.2, 0) is 0 Å². The fourth-order valence-electron chi connectivity index (χ4n) is 2.38. The molecule has 4 heteroatoms. The van der Waals surface area contributed by atoms with E-state index in [0.29, 0.717) is 23.9 Å². The van der Waals surface area contributed by atoms with E-state index in [2.05, 4.69) is 5.32 Å². The first-order chi connectivity index (χ1) is 8.22. The van der Waals surface area contributed by atoms with Gasteiger partial charge in [0.25, 0.3) is 0 Å². The van der Waals surface area contributed by atoms with Gasteiger partial charge in [0, 0.05) is 11.6 Å². The van der Waals surface area contributed by atoms with E-state index in [9.17, 15) is 5.11 Å². The van der Waals surface area contributed by atoms with Crippen LogP contribution in [0.2, 0.25) is 0 Å². The average molecular weight is 236 g/mol. The normalized spacial score (nSPS) is 21.4. The number of hydrogen-bond acceptors (Lipinski definition) is 4. The Morgan fingerprint density at radius 1 is 1.59 bits per heavy atom. The summed E-state index contributed by atoms with van der Waals surface area (Å²) in [5.41, 5.74) is 7.27. The number of anilines is 1. The van der Waals surface area contributed by atoms with Crippen LogP contribution in [0.25, 0.3) is 0 Å². The van der Waals surface area contributed by atoms with Crippen molar-refractivity contribution < 1.29 is 9.84 Å². The van der Waals surface area contributed by atoms with Gasteiger partial charge in [0.05, 0.1) is 18.9 Å². The van der Waals surface area contributed by atoms with Gasteiger partial charge in [-0.3, -0.25) is 0 Å². The highest BCUT2D eigenvalue weighted by Gasteiger charge is 2.21. The first-order valence-electron chi connectivity index (χ1n) is 6.06. The van der Waals surface area contributed by atoms with Crippen LogP contribution in [0.4, 0.5) is 5.69 Å². The molecule has 2 unspecified atom stereocenters. The molecule has 1 saturated heterocycles. The molecule has 0 spiro atoms. The van der Waals surface area contributed by atoms with Gasteiger partial charge in [-0.15, -0.1) is 0 Å². The summed E-state index contributed by atoms with van der Waals surface area (Å²) in [5.74, 6) is 0.626. The maximum Gasteiger partial charge on any atom is 0.142 e. The molecular formula is C13H20N2O2. The lowest BCUT2D eigenvalue weighted by Gasteiger charge is -2.18. The first kappa shape index (κ1) is 12.2. The van der Waals surface area contributed by atoms with E-state index in [0.717, 1.165) is 18.5 Å². The molecule has 4 nitrogen and oxygen atoms in total. The van der Waals surface area contributed by atoms with Gasteiger partial charge < -0.3 is 20.9 Å². The maximum atomic E-state index is 10.2. The number of nitrogens with one attached hydrogen (secondary N) is 1. The molecule has 0 aliphatic carbocycles. The SMILES string of the molecule is COc1cccc(C(O)CC2CCCN2)c1N. The van der Waals surface area contributed by atoms with Crippen LogP contribution in [0.1, 0.15) is 30.9 Å². The molecule has 4 N–H and O–H groups in total. The molecule has 0 amide bonds. The summed E-state index contributed by atoms with van der Waals surface area (Å²) >= 11 is 0. The summed E-state index contributed by atoms with van der Waals surface area (Å²) in [6, 6.07) is 5.92. The zero-order chi connectivity index (χ0) is 12.3. The summed E-state index contributed by atoms with van der Waals surface area (Å²) in [6.45, 7) is 1.05. The Labute approximate surface area is 102 Å². The van der Waals surface area contributed by atoms with Crippen molar-refractivity contribution in [1.29, 1.82) is 0 Å². The topological polar surface area (TPSA) is 67.5 Å². The Kier molecular flexibility index (Phi) is 3.86. The number of aliphatic hydroxyl groups excluding tert-OH is 1. The van der Waals surface area contributed by atoms with Crippen LogP contribution in [0, 0.1) is 0 Å². The van der Waals surface area contributed by atoms with Crippen LogP contribution < -0.4 is 15.8 Å². The van der Waals surface area contributed by atoms with Gasteiger partial charge in [-0.25, -0.2) is 0 Å². The van der Waals surface area contributed by atoms with Crippen molar-refractivity contribution in [3.63, 3.8) is 0 Å². The van der Waals surface area contributed by atoms with E-state index in [1.165, 1.54) is 6.42 Å². The molecule has 0 saturated carbocycles. The second-order valence-corrected chi connectivity index (χ2v) is 4.51. The predicted molar refractivity (Wildman–Crippen MR) is 68.0 cm³/mol. The summed E-state index contributed by atoms with van der Waals surface area (Å²) in [6.07, 6.45) is 2.49. The highest BCUT2D eigenvalue weighted by Crippen LogP contribution is 2.32. The van der Waals surface area contributed by atoms with E-state index in [1.807, 2.05) is 12.1 Å². The summed E-state index contributed by atoms with van der Waals surface area (Å²) < 4.78 is 5.15. The van der Waals surface area contributed by atoms with Crippen molar-refractivity contribution in [2.75, 3.05) is 19.4 Å². The Bertz CT molecular complexity index is 376. The molecule has 0 bridgehead atoms. The lowest BCUT2D eigenvalue weighted by atomic mass is 9.99. The van der Waals surface area contributed by atoms with Gasteiger partial charge in [0.1, 0.15) is 5.75 Å². The second kappa shape index (κ2) is 5.38. The van der Waals surface area contributed by atoms with Crippen molar-refractivity contribution in [3.05, 3.63) is 23.8 Å². The fourth-order valence-corrected chi connectivity index (χ4v) is 2.38. The van der Waals surface area contributed by atoms with E-state index < -0.39 is 6.10 Å². The molecule has 1 heterocycles. The van der Waals surface area contributed by atoms with E-state index >= 15 is 0 Å². The predicted octanol–water partition coefficient (Wildman–Crippen LogP) is 1.45. The van der Waals surface area contributed by atoms with Crippen LogP contribution in [0.3, 0.4) is 0 Å². The van der Waals surface area contributed by atoms with Gasteiger partial charge in [-0.1, -0.05) is 12.1 Å². The zero-order valence-electron chi connectivity index (χ0n) is 10.1. The van der Waals surface area contributed by atoms with E-state index in [4.69, 9.17) is 10.5 Å². The van der Waals surface area contributed by atoms with Crippen LogP contribution in [-0.4, -0.2) is 24.8 Å². The van der Waals surface area contributed by atoms with E-state index in [-0.39, 0.29) is 0 Å². The highest BCUT2D eigenvalue weighted by atomic mass is 16.5. The quantitative estimate of drug-likeness (QED) is 0.692. The van der Waals surface area contributed by atoms with Crippen LogP contribution in [0.5, 0.6) is 5.75 Å². The zero-order valence-corrected chi connectivity index (χ0v) is 10.1. The number of hydrogen-bond donors (Lipinski definition) is 3. The van der Waals surface area contributed by atoms with Gasteiger partial charge in [-0.05, 0) is 31.9 Å². The number of nitrogens with two attached hydrogens (primary N) is 1. The second-order valence-electron chi connectivity index (χ2n) is 4.51. The van der Waals surface area contributed by atoms with Crippen molar-refractivity contribution in [2.24, 2.45) is 0 Å². The molecule has 94 valence electrons. The number of ether oxygens (including phenoxy) is 1. The van der Waals surface area contributed by atoms with E-state index in [1.54, 1.807) is 13.2 Å². The maximum absolute atomic E-state index is 10.2. The average Bonchev–Trinajstić information content (AvgIpc) is 2.82. The molecule has 1 aliphatic heterocycles. The minimum atomic E-state index is -0.527. The smallest absolute Gasteiger partial charge is 0.142 e. The molecule has 1 aromatic carbocycles. The number of aliphatic hydroxyl groups is 1. The Morgan fingerprint density at radius 3 is 3.06 bits per heavy atom. The van der Waals surface area contributed by atoms with Gasteiger partial charge >= 0.3 is 0 Å². The summed E-state index contributed by atoms with van der Waals surface area (Å²) in [5, 5.41) is 13.6. The Balaban J connectivity index is 2.09. The largest absolute Gasteiger partial charge is 0.495 e. The molecule has 17 heavy (non-hydrogen) atoms. The standard InChI is InChI=1S/C13H20N2O2/c1-17-12-6-2-5-10(13(12)14)11(16)8-9-4-3-7-15-9/h2,5-6,9,11,15-16H,3-4,7-8,14H2,1H3. The molecule has 1 fully saturated rings. The summed E-state index contributed by atoms with van der Waals surface area (Å²) in [7, 11) is 1.58. The molecular weight excluding hydrogens is 216 g/mol. The molecule has 2 atom stereocenters. The van der Waals surface area contributed by atoms with Crippen molar-refractivity contribution in [2.45, 2.75) is 31.4 Å². The lowest BCUT2D eigenvalue weighted by Crippen LogP contribution is -2.24. The molecule has 0 radical (unpaired) electrons. The minimum absolute atomic E-state index is 0.399. The first-order valence-corrected chi connectivity index (χ1v) is 6.06. The lowest BCUT2D eigenvalue weighted by molar-refractivity contribution is 0.155. The Hall–Kier alpha value is -1.26. The number of nitrogen functional groups attached to an aromatic ring is 1.